The first-order valence-electron chi connectivity index (χ1n) is 17.8. The standard InChI is InChI=1S/C40H62N4/c1-11-17-29(18-12-2)35-27-43(33-23-15-21-31(25-33)39(5,6)7)37(41-35)38-42-36(30(19-13-3)20-14-4)28-44(38)34-24-16-22-32(26-34)40(8,9)10/h15-16,21-26,29-30,35-36H,11-14,17-20,27-28H2,1-10H3/t35-,36-/m0/s1. The van der Waals surface area contributed by atoms with Gasteiger partial charge in [-0.1, -0.05) is 119 Å². The highest BCUT2D eigenvalue weighted by molar-refractivity contribution is 6.50. The first-order valence-corrected chi connectivity index (χ1v) is 17.8. The van der Waals surface area contributed by atoms with Crippen LogP contribution in [0.1, 0.15) is 132 Å². The molecule has 4 heteroatoms. The lowest BCUT2D eigenvalue weighted by Crippen LogP contribution is -2.42. The van der Waals surface area contributed by atoms with E-state index in [2.05, 4.69) is 128 Å². The van der Waals surface area contributed by atoms with E-state index in [1.165, 1.54) is 73.9 Å². The molecule has 0 saturated heterocycles. The van der Waals surface area contributed by atoms with Crippen molar-refractivity contribution in [3.05, 3.63) is 59.7 Å². The van der Waals surface area contributed by atoms with Crippen LogP contribution in [0.5, 0.6) is 0 Å². The van der Waals surface area contributed by atoms with E-state index < -0.39 is 0 Å². The molecule has 2 heterocycles. The molecule has 0 fully saturated rings. The summed E-state index contributed by atoms with van der Waals surface area (Å²) >= 11 is 0. The average Bonchev–Trinajstić information content (AvgIpc) is 3.62. The van der Waals surface area contributed by atoms with E-state index in [1.807, 2.05) is 0 Å². The number of nitrogens with zero attached hydrogens (tertiary/aromatic N) is 4. The molecule has 2 aromatic carbocycles. The molecule has 2 aromatic rings. The van der Waals surface area contributed by atoms with Gasteiger partial charge in [-0.15, -0.1) is 0 Å². The largest absolute Gasteiger partial charge is 0.321 e. The fraction of sp³-hybridized carbons (Fsp3) is 0.650. The number of benzene rings is 2. The Morgan fingerprint density at radius 2 is 0.932 bits per heavy atom. The van der Waals surface area contributed by atoms with Gasteiger partial charge in [0.1, 0.15) is 0 Å². The number of anilines is 2. The first kappa shape index (κ1) is 34.3. The van der Waals surface area contributed by atoms with Crippen LogP contribution in [0.4, 0.5) is 11.4 Å². The molecule has 4 nitrogen and oxygen atoms in total. The average molecular weight is 599 g/mol. The van der Waals surface area contributed by atoms with Crippen LogP contribution in [-0.2, 0) is 10.8 Å². The van der Waals surface area contributed by atoms with Crippen LogP contribution in [0.25, 0.3) is 0 Å². The Morgan fingerprint density at radius 1 is 0.591 bits per heavy atom. The molecule has 2 atom stereocenters. The number of hydrogen-bond donors (Lipinski definition) is 0. The van der Waals surface area contributed by atoms with Gasteiger partial charge in [0.2, 0.25) is 0 Å². The molecular formula is C40H62N4. The lowest BCUT2D eigenvalue weighted by atomic mass is 9.86. The molecule has 0 unspecified atom stereocenters. The van der Waals surface area contributed by atoms with Gasteiger partial charge in [0.05, 0.1) is 12.1 Å². The van der Waals surface area contributed by atoms with E-state index in [-0.39, 0.29) is 22.9 Å². The summed E-state index contributed by atoms with van der Waals surface area (Å²) in [5.74, 6) is 3.35. The van der Waals surface area contributed by atoms with Crippen LogP contribution in [0.15, 0.2) is 58.5 Å². The van der Waals surface area contributed by atoms with Crippen molar-refractivity contribution in [3.63, 3.8) is 0 Å². The van der Waals surface area contributed by atoms with Crippen molar-refractivity contribution < 1.29 is 0 Å². The third-order valence-electron chi connectivity index (χ3n) is 9.80. The van der Waals surface area contributed by atoms with Crippen LogP contribution in [0, 0.1) is 11.8 Å². The van der Waals surface area contributed by atoms with E-state index in [9.17, 15) is 0 Å². The number of rotatable bonds is 13. The topological polar surface area (TPSA) is 31.2 Å². The number of aliphatic imine (C=N–C) groups is 2. The molecule has 2 aliphatic heterocycles. The van der Waals surface area contributed by atoms with Crippen molar-refractivity contribution in [2.45, 2.75) is 144 Å². The summed E-state index contributed by atoms with van der Waals surface area (Å²) in [6.07, 6.45) is 9.73. The molecule has 2 aliphatic rings. The Kier molecular flexibility index (Phi) is 11.4. The predicted octanol–water partition coefficient (Wildman–Crippen LogP) is 10.6. The zero-order chi connectivity index (χ0) is 32.1. The quantitative estimate of drug-likeness (QED) is 0.230. The molecule has 4 rings (SSSR count). The van der Waals surface area contributed by atoms with Crippen LogP contribution in [0.2, 0.25) is 0 Å². The van der Waals surface area contributed by atoms with Crippen molar-refractivity contribution in [3.8, 4) is 0 Å². The minimum absolute atomic E-state index is 0.0856. The Hall–Kier alpha value is -2.62. The van der Waals surface area contributed by atoms with Gasteiger partial charge in [0.15, 0.2) is 11.7 Å². The number of amidine groups is 2. The number of hydrogen-bond acceptors (Lipinski definition) is 4. The first-order chi connectivity index (χ1) is 20.9. The molecule has 0 aromatic heterocycles. The zero-order valence-corrected chi connectivity index (χ0v) is 29.8. The zero-order valence-electron chi connectivity index (χ0n) is 29.8. The molecule has 0 saturated carbocycles. The summed E-state index contributed by atoms with van der Waals surface area (Å²) in [7, 11) is 0. The van der Waals surface area contributed by atoms with Crippen LogP contribution in [-0.4, -0.2) is 36.8 Å². The van der Waals surface area contributed by atoms with Crippen molar-refractivity contribution in [1.82, 2.24) is 0 Å². The van der Waals surface area contributed by atoms with Gasteiger partial charge in [-0.05, 0) is 83.7 Å². The maximum absolute atomic E-state index is 5.66. The van der Waals surface area contributed by atoms with Gasteiger partial charge in [-0.2, -0.15) is 0 Å². The second-order valence-corrected chi connectivity index (χ2v) is 15.5. The van der Waals surface area contributed by atoms with E-state index >= 15 is 0 Å². The lowest BCUT2D eigenvalue weighted by molar-refractivity contribution is 0.376. The third kappa shape index (κ3) is 7.96. The minimum Gasteiger partial charge on any atom is -0.321 e. The molecule has 0 radical (unpaired) electrons. The van der Waals surface area contributed by atoms with Crippen LogP contribution in [0.3, 0.4) is 0 Å². The maximum Gasteiger partial charge on any atom is 0.172 e. The van der Waals surface area contributed by atoms with Gasteiger partial charge >= 0.3 is 0 Å². The molecule has 0 bridgehead atoms. The fourth-order valence-corrected chi connectivity index (χ4v) is 7.23. The Labute approximate surface area is 270 Å². The smallest absolute Gasteiger partial charge is 0.172 e. The normalized spacial score (nSPS) is 19.4. The van der Waals surface area contributed by atoms with Gasteiger partial charge in [0, 0.05) is 24.5 Å². The van der Waals surface area contributed by atoms with E-state index in [1.54, 1.807) is 0 Å². The van der Waals surface area contributed by atoms with E-state index in [0.717, 1.165) is 24.8 Å². The highest BCUT2D eigenvalue weighted by atomic mass is 15.4. The molecule has 0 spiro atoms. The van der Waals surface area contributed by atoms with Crippen LogP contribution >= 0.6 is 0 Å². The summed E-state index contributed by atoms with van der Waals surface area (Å²) in [6, 6.07) is 19.0. The molecule has 0 aliphatic carbocycles. The third-order valence-corrected chi connectivity index (χ3v) is 9.80. The van der Waals surface area contributed by atoms with Gasteiger partial charge in [-0.25, -0.2) is 0 Å². The van der Waals surface area contributed by atoms with E-state index in [4.69, 9.17) is 9.98 Å². The summed E-state index contributed by atoms with van der Waals surface area (Å²) in [6.45, 7) is 25.0. The Morgan fingerprint density at radius 3 is 1.23 bits per heavy atom. The second-order valence-electron chi connectivity index (χ2n) is 15.5. The second kappa shape index (κ2) is 14.6. The molecular weight excluding hydrogens is 536 g/mol. The van der Waals surface area contributed by atoms with Crippen molar-refractivity contribution >= 4 is 23.0 Å². The predicted molar refractivity (Wildman–Crippen MR) is 194 cm³/mol. The van der Waals surface area contributed by atoms with Gasteiger partial charge < -0.3 is 9.80 Å². The highest BCUT2D eigenvalue weighted by Gasteiger charge is 2.40. The van der Waals surface area contributed by atoms with Gasteiger partial charge in [-0.3, -0.25) is 9.98 Å². The van der Waals surface area contributed by atoms with Crippen molar-refractivity contribution in [1.29, 1.82) is 0 Å². The summed E-state index contributed by atoms with van der Waals surface area (Å²) < 4.78 is 0. The van der Waals surface area contributed by atoms with Gasteiger partial charge in [0.25, 0.3) is 0 Å². The molecule has 44 heavy (non-hydrogen) atoms. The molecule has 0 amide bonds. The maximum atomic E-state index is 5.66. The van der Waals surface area contributed by atoms with Crippen molar-refractivity contribution in [2.75, 3.05) is 22.9 Å². The Bertz CT molecular complexity index is 1170. The summed E-state index contributed by atoms with van der Waals surface area (Å²) in [4.78, 5) is 16.4. The SMILES string of the molecule is CCCC(CCC)[C@@H]1CN(c2cccc(C(C)(C)C)c2)C(C2=N[C@H](C(CCC)CCC)CN2c2cccc(C(C)(C)C)c2)=N1. The lowest BCUT2D eigenvalue weighted by Gasteiger charge is -2.29. The summed E-state index contributed by atoms with van der Waals surface area (Å²) in [5.41, 5.74) is 5.40. The summed E-state index contributed by atoms with van der Waals surface area (Å²) in [5, 5.41) is 0. The Balaban J connectivity index is 1.87. The fourth-order valence-electron chi connectivity index (χ4n) is 7.23. The molecule has 0 N–H and O–H groups in total. The monoisotopic (exact) mass is 598 g/mol. The van der Waals surface area contributed by atoms with E-state index in [0.29, 0.717) is 11.8 Å². The molecule has 242 valence electrons. The highest BCUT2D eigenvalue weighted by Crippen LogP contribution is 2.36. The van der Waals surface area contributed by atoms with Crippen LogP contribution < -0.4 is 9.80 Å². The van der Waals surface area contributed by atoms with Crippen molar-refractivity contribution in [2.24, 2.45) is 21.8 Å². The minimum atomic E-state index is 0.0856.